The third-order valence-electron chi connectivity index (χ3n) is 4.53. The van der Waals surface area contributed by atoms with Crippen molar-refractivity contribution in [2.75, 3.05) is 19.8 Å². The molecule has 194 valence electrons. The fourth-order valence-corrected chi connectivity index (χ4v) is 2.99. The molecule has 0 saturated heterocycles. The predicted molar refractivity (Wildman–Crippen MR) is 125 cm³/mol. The molecule has 0 amide bonds. The van der Waals surface area contributed by atoms with Gasteiger partial charge in [-0.1, -0.05) is 53.7 Å². The largest absolute Gasteiger partial charge is 0.556 e. The highest BCUT2D eigenvalue weighted by Crippen LogP contribution is 2.40. The van der Waals surface area contributed by atoms with Gasteiger partial charge in [0.25, 0.3) is 0 Å². The monoisotopic (exact) mass is 484 g/mol. The van der Waals surface area contributed by atoms with E-state index in [2.05, 4.69) is 4.84 Å². The lowest BCUT2D eigenvalue weighted by Gasteiger charge is -2.32. The second-order valence-electron chi connectivity index (χ2n) is 11.0. The Hall–Kier alpha value is -2.24. The first-order valence-corrected chi connectivity index (χ1v) is 11.2. The van der Waals surface area contributed by atoms with Crippen LogP contribution in [0, 0.1) is 5.21 Å². The Balaban J connectivity index is 3.14. The first-order valence-electron chi connectivity index (χ1n) is 11.2. The van der Waals surface area contributed by atoms with E-state index in [4.69, 9.17) is 25.0 Å². The summed E-state index contributed by atoms with van der Waals surface area (Å²) in [6, 6.07) is 3.70. The number of carbonyl (C=O) groups excluding carboxylic acids is 2. The first kappa shape index (κ1) is 29.8. The maximum absolute atomic E-state index is 12.5. The van der Waals surface area contributed by atoms with E-state index in [0.29, 0.717) is 5.75 Å². The Bertz CT molecular complexity index is 800. The lowest BCUT2D eigenvalue weighted by molar-refractivity contribution is -1.19. The van der Waals surface area contributed by atoms with Gasteiger partial charge >= 0.3 is 11.9 Å². The molecule has 1 unspecified atom stereocenters. The van der Waals surface area contributed by atoms with E-state index in [9.17, 15) is 14.8 Å². The van der Waals surface area contributed by atoms with Gasteiger partial charge in [0.05, 0.1) is 13.0 Å². The summed E-state index contributed by atoms with van der Waals surface area (Å²) in [6.45, 7) is 17.0. The average Bonchev–Trinajstić information content (AvgIpc) is 2.65. The standard InChI is InChI=1S/C24H40N2O8/c1-22(2,3)17-12-16(14-19(27)31-11-10-30-15-20(28)32-25)13-18(23(4,5)6)21(17)33-26(29)34-24(7,8)9/h12-13,26H,10-11,14-15,25H2,1-9H3. The summed E-state index contributed by atoms with van der Waals surface area (Å²) in [5.74, 6) is 3.99. The SMILES string of the molecule is CC(C)(C)O[NH+]([O-])Oc1c(C(C)(C)C)cc(CC(=O)OCCOCC(=O)ON)cc1C(C)(C)C. The Morgan fingerprint density at radius 2 is 1.44 bits per heavy atom. The summed E-state index contributed by atoms with van der Waals surface area (Å²) < 4.78 is 10.2. The summed E-state index contributed by atoms with van der Waals surface area (Å²) in [4.78, 5) is 38.4. The van der Waals surface area contributed by atoms with Crippen molar-refractivity contribution in [2.45, 2.75) is 85.2 Å². The first-order chi connectivity index (χ1) is 15.4. The van der Waals surface area contributed by atoms with Gasteiger partial charge in [-0.25, -0.2) is 4.79 Å². The van der Waals surface area contributed by atoms with Crippen molar-refractivity contribution < 1.29 is 39.0 Å². The topological polar surface area (TPSA) is 134 Å². The van der Waals surface area contributed by atoms with Crippen LogP contribution in [0.4, 0.5) is 0 Å². The predicted octanol–water partition coefficient (Wildman–Crippen LogP) is 2.21. The molecule has 0 saturated carbocycles. The number of carbonyl (C=O) groups is 2. The van der Waals surface area contributed by atoms with Crippen LogP contribution in [0.3, 0.4) is 0 Å². The Kier molecular flexibility index (Phi) is 10.5. The van der Waals surface area contributed by atoms with Crippen LogP contribution in [0.5, 0.6) is 5.75 Å². The van der Waals surface area contributed by atoms with Crippen molar-refractivity contribution in [3.63, 3.8) is 0 Å². The van der Waals surface area contributed by atoms with Crippen LogP contribution in [0.2, 0.25) is 0 Å². The molecule has 0 aliphatic carbocycles. The molecule has 10 heteroatoms. The van der Waals surface area contributed by atoms with Crippen molar-refractivity contribution in [1.82, 2.24) is 0 Å². The van der Waals surface area contributed by atoms with Gasteiger partial charge in [-0.2, -0.15) is 10.7 Å². The Morgan fingerprint density at radius 3 is 1.88 bits per heavy atom. The molecule has 1 aromatic carbocycles. The number of hydrogen-bond acceptors (Lipinski definition) is 9. The number of ether oxygens (including phenoxy) is 2. The maximum atomic E-state index is 12.5. The normalized spacial score (nSPS) is 13.4. The average molecular weight is 485 g/mol. The highest BCUT2D eigenvalue weighted by Gasteiger charge is 2.31. The van der Waals surface area contributed by atoms with Crippen LogP contribution in [-0.4, -0.2) is 37.4 Å². The van der Waals surface area contributed by atoms with Crippen molar-refractivity contribution in [2.24, 2.45) is 5.90 Å². The minimum absolute atomic E-state index is 0.0176. The van der Waals surface area contributed by atoms with Crippen LogP contribution in [0.25, 0.3) is 0 Å². The van der Waals surface area contributed by atoms with E-state index in [1.54, 1.807) is 20.8 Å². The van der Waals surface area contributed by atoms with Crippen LogP contribution in [0.15, 0.2) is 12.1 Å². The second kappa shape index (κ2) is 11.9. The van der Waals surface area contributed by atoms with Crippen LogP contribution in [-0.2, 0) is 46.0 Å². The molecule has 0 spiro atoms. The fraction of sp³-hybridized carbons (Fsp3) is 0.667. The van der Waals surface area contributed by atoms with Crippen LogP contribution < -0.4 is 16.1 Å². The lowest BCUT2D eigenvalue weighted by atomic mass is 9.78. The summed E-state index contributed by atoms with van der Waals surface area (Å²) in [5, 5.41) is 11.7. The lowest BCUT2D eigenvalue weighted by Crippen LogP contribution is -3.09. The molecular weight excluding hydrogens is 444 g/mol. The van der Waals surface area contributed by atoms with E-state index in [1.165, 1.54) is 0 Å². The van der Waals surface area contributed by atoms with Crippen molar-refractivity contribution in [1.29, 1.82) is 0 Å². The Labute approximate surface area is 202 Å². The molecule has 0 radical (unpaired) electrons. The van der Waals surface area contributed by atoms with Gasteiger partial charge in [0.15, 0.2) is 0 Å². The number of esters is 1. The van der Waals surface area contributed by atoms with Gasteiger partial charge in [0.1, 0.15) is 18.8 Å². The van der Waals surface area contributed by atoms with Gasteiger partial charge < -0.3 is 19.5 Å². The number of benzene rings is 1. The molecule has 0 aromatic heterocycles. The summed E-state index contributed by atoms with van der Waals surface area (Å²) in [6.07, 6.45) is 0.0176. The minimum atomic E-state index is -0.783. The molecule has 34 heavy (non-hydrogen) atoms. The van der Waals surface area contributed by atoms with E-state index in [1.807, 2.05) is 53.7 Å². The number of nitrogens with one attached hydrogen (secondary N) is 1. The van der Waals surface area contributed by atoms with E-state index < -0.39 is 22.9 Å². The maximum Gasteiger partial charge on any atom is 0.350 e. The zero-order valence-corrected chi connectivity index (χ0v) is 21.8. The number of hydrogen-bond donors (Lipinski definition) is 2. The molecule has 0 aliphatic rings. The van der Waals surface area contributed by atoms with Crippen molar-refractivity contribution in [3.05, 3.63) is 34.0 Å². The van der Waals surface area contributed by atoms with E-state index in [-0.39, 0.29) is 37.1 Å². The number of quaternary nitrogens is 1. The highest BCUT2D eigenvalue weighted by atomic mass is 17.1. The molecule has 3 N–H and O–H groups in total. The minimum Gasteiger partial charge on any atom is -0.556 e. The van der Waals surface area contributed by atoms with Gasteiger partial charge in [-0.05, 0) is 42.6 Å². The molecule has 0 heterocycles. The fourth-order valence-electron chi connectivity index (χ4n) is 2.99. The third kappa shape index (κ3) is 10.4. The quantitative estimate of drug-likeness (QED) is 0.291. The molecule has 1 rings (SSSR count). The molecule has 0 aliphatic heterocycles. The molecule has 10 nitrogen and oxygen atoms in total. The van der Waals surface area contributed by atoms with Gasteiger partial charge in [0, 0.05) is 11.1 Å². The van der Waals surface area contributed by atoms with Gasteiger partial charge in [0.2, 0.25) is 5.75 Å². The summed E-state index contributed by atoms with van der Waals surface area (Å²) in [5.41, 5.74) is 0.808. The smallest absolute Gasteiger partial charge is 0.350 e. The molecule has 1 atom stereocenters. The van der Waals surface area contributed by atoms with Crippen molar-refractivity contribution >= 4 is 11.9 Å². The van der Waals surface area contributed by atoms with Crippen LogP contribution in [0.1, 0.15) is 79.0 Å². The van der Waals surface area contributed by atoms with E-state index >= 15 is 0 Å². The number of nitrogens with two attached hydrogens (primary N) is 1. The summed E-state index contributed by atoms with van der Waals surface area (Å²) >= 11 is 0. The van der Waals surface area contributed by atoms with Gasteiger partial charge in [-0.3, -0.25) is 9.63 Å². The second-order valence-corrected chi connectivity index (χ2v) is 11.0. The third-order valence-corrected chi connectivity index (χ3v) is 4.53. The van der Waals surface area contributed by atoms with E-state index in [0.717, 1.165) is 16.7 Å². The van der Waals surface area contributed by atoms with Gasteiger partial charge in [-0.15, -0.1) is 0 Å². The highest BCUT2D eigenvalue weighted by molar-refractivity contribution is 5.73. The van der Waals surface area contributed by atoms with Crippen LogP contribution >= 0.6 is 0 Å². The molecule has 1 aromatic rings. The Morgan fingerprint density at radius 1 is 0.912 bits per heavy atom. The number of rotatable bonds is 10. The summed E-state index contributed by atoms with van der Waals surface area (Å²) in [7, 11) is 0. The van der Waals surface area contributed by atoms with Crippen molar-refractivity contribution in [3.8, 4) is 5.75 Å². The molecular formula is C24H40N2O8. The zero-order valence-electron chi connectivity index (χ0n) is 21.8. The molecule has 0 fully saturated rings. The zero-order chi connectivity index (χ0) is 26.3. The molecule has 0 bridgehead atoms.